The van der Waals surface area contributed by atoms with E-state index < -0.39 is 0 Å². The number of amides is 1. The van der Waals surface area contributed by atoms with E-state index in [-0.39, 0.29) is 24.5 Å². The molecule has 1 fully saturated rings. The van der Waals surface area contributed by atoms with E-state index in [4.69, 9.17) is 18.5 Å². The van der Waals surface area contributed by atoms with Gasteiger partial charge >= 0.3 is 0 Å². The van der Waals surface area contributed by atoms with Gasteiger partial charge < -0.3 is 23.8 Å². The zero-order valence-corrected chi connectivity index (χ0v) is 15.6. The SMILES string of the molecule is Cc1noc(C)c1CO[C@@H]1CCOC[C@@H]1NC(=O)Cc1c(C)noc1C. The van der Waals surface area contributed by atoms with Crippen molar-refractivity contribution in [2.24, 2.45) is 0 Å². The number of carbonyl (C=O) groups is 1. The van der Waals surface area contributed by atoms with Crippen molar-refractivity contribution in [3.63, 3.8) is 0 Å². The van der Waals surface area contributed by atoms with Crippen LogP contribution >= 0.6 is 0 Å². The highest BCUT2D eigenvalue weighted by atomic mass is 16.5. The van der Waals surface area contributed by atoms with Gasteiger partial charge in [0.2, 0.25) is 5.91 Å². The first-order chi connectivity index (χ1) is 12.5. The highest BCUT2D eigenvalue weighted by Gasteiger charge is 2.29. The van der Waals surface area contributed by atoms with Crippen LogP contribution in [0.1, 0.15) is 40.5 Å². The van der Waals surface area contributed by atoms with E-state index in [1.54, 1.807) is 0 Å². The van der Waals surface area contributed by atoms with Crippen molar-refractivity contribution in [1.29, 1.82) is 0 Å². The Balaban J connectivity index is 1.59. The molecule has 2 aromatic rings. The molecule has 0 aliphatic carbocycles. The first kappa shape index (κ1) is 18.6. The van der Waals surface area contributed by atoms with Crippen LogP contribution in [0.3, 0.4) is 0 Å². The van der Waals surface area contributed by atoms with E-state index in [0.29, 0.717) is 25.6 Å². The Morgan fingerprint density at radius 2 is 1.77 bits per heavy atom. The van der Waals surface area contributed by atoms with E-state index in [1.807, 2.05) is 27.7 Å². The summed E-state index contributed by atoms with van der Waals surface area (Å²) in [6.45, 7) is 8.85. The third kappa shape index (κ3) is 4.13. The summed E-state index contributed by atoms with van der Waals surface area (Å²) in [6.07, 6.45) is 0.833. The van der Waals surface area contributed by atoms with Crippen LogP contribution in [0.4, 0.5) is 0 Å². The average Bonchev–Trinajstić information content (AvgIpc) is 3.10. The molecule has 0 bridgehead atoms. The van der Waals surface area contributed by atoms with Crippen molar-refractivity contribution in [2.45, 2.75) is 59.3 Å². The Bertz CT molecular complexity index is 728. The quantitative estimate of drug-likeness (QED) is 0.837. The Labute approximate surface area is 152 Å². The lowest BCUT2D eigenvalue weighted by atomic mass is 10.0. The number of aryl methyl sites for hydroxylation is 4. The second kappa shape index (κ2) is 8.01. The number of nitrogens with zero attached hydrogens (tertiary/aromatic N) is 2. The van der Waals surface area contributed by atoms with E-state index >= 15 is 0 Å². The fourth-order valence-corrected chi connectivity index (χ4v) is 3.12. The lowest BCUT2D eigenvalue weighted by Gasteiger charge is -2.32. The van der Waals surface area contributed by atoms with Crippen molar-refractivity contribution in [1.82, 2.24) is 15.6 Å². The minimum Gasteiger partial charge on any atom is -0.379 e. The van der Waals surface area contributed by atoms with Gasteiger partial charge in [0.05, 0.1) is 43.2 Å². The summed E-state index contributed by atoms with van der Waals surface area (Å²) in [5.74, 6) is 1.33. The number of hydrogen-bond acceptors (Lipinski definition) is 7. The topological polar surface area (TPSA) is 99.6 Å². The maximum absolute atomic E-state index is 12.5. The van der Waals surface area contributed by atoms with Gasteiger partial charge in [0.1, 0.15) is 11.5 Å². The van der Waals surface area contributed by atoms with E-state index in [0.717, 1.165) is 34.7 Å². The van der Waals surface area contributed by atoms with Crippen LogP contribution < -0.4 is 5.32 Å². The molecule has 1 N–H and O–H groups in total. The molecule has 142 valence electrons. The number of rotatable bonds is 6. The molecule has 1 aliphatic rings. The minimum atomic E-state index is -0.197. The predicted octanol–water partition coefficient (Wildman–Crippen LogP) is 1.93. The van der Waals surface area contributed by atoms with Gasteiger partial charge in [0.15, 0.2) is 0 Å². The number of carbonyl (C=O) groups excluding carboxylic acids is 1. The molecule has 8 nitrogen and oxygen atoms in total. The normalized spacial score (nSPS) is 20.3. The standard InChI is InChI=1S/C18H25N3O5/c1-10-14(12(3)25-20-10)7-18(22)19-16-9-23-6-5-17(16)24-8-15-11(2)21-26-13(15)4/h16-17H,5-9H2,1-4H3,(H,19,22)/t16-,17+/m0/s1. The fourth-order valence-electron chi connectivity index (χ4n) is 3.12. The summed E-state index contributed by atoms with van der Waals surface area (Å²) in [6, 6.07) is -0.197. The van der Waals surface area contributed by atoms with E-state index in [1.165, 1.54) is 0 Å². The van der Waals surface area contributed by atoms with Crippen molar-refractivity contribution >= 4 is 5.91 Å². The first-order valence-electron chi connectivity index (χ1n) is 8.78. The molecule has 0 spiro atoms. The van der Waals surface area contributed by atoms with Crippen LogP contribution in [0, 0.1) is 27.7 Å². The van der Waals surface area contributed by atoms with Gasteiger partial charge in [0.25, 0.3) is 0 Å². The molecule has 3 heterocycles. The maximum atomic E-state index is 12.5. The molecular weight excluding hydrogens is 338 g/mol. The average molecular weight is 363 g/mol. The van der Waals surface area contributed by atoms with Crippen LogP contribution in [-0.2, 0) is 27.3 Å². The lowest BCUT2D eigenvalue weighted by Crippen LogP contribution is -2.51. The molecule has 0 radical (unpaired) electrons. The molecule has 26 heavy (non-hydrogen) atoms. The summed E-state index contributed by atoms with van der Waals surface area (Å²) in [5, 5.41) is 10.9. The highest BCUT2D eigenvalue weighted by molar-refractivity contribution is 5.79. The van der Waals surface area contributed by atoms with Crippen LogP contribution in [0.5, 0.6) is 0 Å². The Hall–Kier alpha value is -2.19. The number of aromatic nitrogens is 2. The smallest absolute Gasteiger partial charge is 0.225 e. The monoisotopic (exact) mass is 363 g/mol. The van der Waals surface area contributed by atoms with Crippen LogP contribution in [-0.4, -0.2) is 41.6 Å². The van der Waals surface area contributed by atoms with Gasteiger partial charge in [-0.1, -0.05) is 10.3 Å². The molecule has 1 amide bonds. The summed E-state index contributed by atoms with van der Waals surface area (Å²) in [4.78, 5) is 12.5. The second-order valence-corrected chi connectivity index (χ2v) is 6.67. The molecule has 1 saturated heterocycles. The van der Waals surface area contributed by atoms with Gasteiger partial charge in [-0.05, 0) is 34.1 Å². The van der Waals surface area contributed by atoms with Crippen LogP contribution in [0.2, 0.25) is 0 Å². The third-order valence-electron chi connectivity index (χ3n) is 4.78. The zero-order chi connectivity index (χ0) is 18.7. The largest absolute Gasteiger partial charge is 0.379 e. The summed E-state index contributed by atoms with van der Waals surface area (Å²) < 4.78 is 21.9. The van der Waals surface area contributed by atoms with Gasteiger partial charge in [0, 0.05) is 17.7 Å². The van der Waals surface area contributed by atoms with Crippen molar-refractivity contribution in [3.05, 3.63) is 34.0 Å². The van der Waals surface area contributed by atoms with Gasteiger partial charge in [-0.25, -0.2) is 0 Å². The lowest BCUT2D eigenvalue weighted by molar-refractivity contribution is -0.126. The number of hydrogen-bond donors (Lipinski definition) is 1. The molecule has 0 aromatic carbocycles. The molecular formula is C18H25N3O5. The highest BCUT2D eigenvalue weighted by Crippen LogP contribution is 2.19. The maximum Gasteiger partial charge on any atom is 0.225 e. The molecule has 2 atom stereocenters. The second-order valence-electron chi connectivity index (χ2n) is 6.67. The molecule has 2 aromatic heterocycles. The molecule has 1 aliphatic heterocycles. The summed E-state index contributed by atoms with van der Waals surface area (Å²) in [5.41, 5.74) is 3.35. The fraction of sp³-hybridized carbons (Fsp3) is 0.611. The van der Waals surface area contributed by atoms with Gasteiger partial charge in [-0.3, -0.25) is 4.79 Å². The minimum absolute atomic E-state index is 0.0964. The summed E-state index contributed by atoms with van der Waals surface area (Å²) in [7, 11) is 0. The Morgan fingerprint density at radius 1 is 1.12 bits per heavy atom. The van der Waals surface area contributed by atoms with Crippen molar-refractivity contribution < 1.29 is 23.3 Å². The number of ether oxygens (including phenoxy) is 2. The zero-order valence-electron chi connectivity index (χ0n) is 15.6. The first-order valence-corrected chi connectivity index (χ1v) is 8.78. The Kier molecular flexibility index (Phi) is 5.73. The van der Waals surface area contributed by atoms with Crippen LogP contribution in [0.15, 0.2) is 9.05 Å². The molecule has 0 unspecified atom stereocenters. The van der Waals surface area contributed by atoms with Gasteiger partial charge in [-0.2, -0.15) is 0 Å². The Morgan fingerprint density at radius 3 is 2.38 bits per heavy atom. The van der Waals surface area contributed by atoms with E-state index in [9.17, 15) is 4.79 Å². The van der Waals surface area contributed by atoms with E-state index in [2.05, 4.69) is 15.6 Å². The van der Waals surface area contributed by atoms with Crippen molar-refractivity contribution in [2.75, 3.05) is 13.2 Å². The summed E-state index contributed by atoms with van der Waals surface area (Å²) >= 11 is 0. The molecule has 3 rings (SSSR count). The number of nitrogens with one attached hydrogen (secondary N) is 1. The molecule has 8 heteroatoms. The van der Waals surface area contributed by atoms with Crippen molar-refractivity contribution in [3.8, 4) is 0 Å². The third-order valence-corrected chi connectivity index (χ3v) is 4.78. The molecule has 0 saturated carbocycles. The van der Waals surface area contributed by atoms with Gasteiger partial charge in [-0.15, -0.1) is 0 Å². The predicted molar refractivity (Wildman–Crippen MR) is 91.6 cm³/mol. The van der Waals surface area contributed by atoms with Crippen LogP contribution in [0.25, 0.3) is 0 Å².